The van der Waals surface area contributed by atoms with Crippen LogP contribution in [0.15, 0.2) is 30.5 Å². The Kier molecular flexibility index (Phi) is 4.35. The average molecular weight is 348 g/mol. The highest BCUT2D eigenvalue weighted by Gasteiger charge is 2.27. The number of esters is 1. The summed E-state index contributed by atoms with van der Waals surface area (Å²) in [5.41, 5.74) is 1.82. The van der Waals surface area contributed by atoms with E-state index in [1.165, 1.54) is 13.3 Å². The van der Waals surface area contributed by atoms with Gasteiger partial charge in [0.05, 0.1) is 23.6 Å². The minimum Gasteiger partial charge on any atom is -0.465 e. The van der Waals surface area contributed by atoms with Crippen molar-refractivity contribution in [2.24, 2.45) is 0 Å². The standard InChI is InChI=1S/C16H14ClN3O4/c1-24-16(21)9-7-14(20(22)23)15(18-8-9)19-13-6-5-10-11(13)3-2-4-12(10)17/h2-4,7-8,13H,5-6H2,1H3,(H,18,19). The van der Waals surface area contributed by atoms with Gasteiger partial charge in [0.2, 0.25) is 5.82 Å². The number of ether oxygens (including phenoxy) is 1. The van der Waals surface area contributed by atoms with Crippen molar-refractivity contribution in [2.45, 2.75) is 18.9 Å². The first-order valence-corrected chi connectivity index (χ1v) is 7.65. The fraction of sp³-hybridized carbons (Fsp3) is 0.250. The predicted molar refractivity (Wildman–Crippen MR) is 88.4 cm³/mol. The number of fused-ring (bicyclic) bond motifs is 1. The summed E-state index contributed by atoms with van der Waals surface area (Å²) in [5.74, 6) is -0.555. The molecule has 0 saturated heterocycles. The van der Waals surface area contributed by atoms with E-state index in [0.717, 1.165) is 30.0 Å². The van der Waals surface area contributed by atoms with Gasteiger partial charge in [-0.25, -0.2) is 9.78 Å². The minimum absolute atomic E-state index is 0.0321. The third-order valence-electron chi connectivity index (χ3n) is 4.01. The zero-order valence-corrected chi connectivity index (χ0v) is 13.5. The maximum Gasteiger partial charge on any atom is 0.339 e. The van der Waals surface area contributed by atoms with Crippen LogP contribution < -0.4 is 5.32 Å². The van der Waals surface area contributed by atoms with E-state index in [2.05, 4.69) is 15.0 Å². The molecule has 0 saturated carbocycles. The zero-order chi connectivity index (χ0) is 17.3. The second-order valence-electron chi connectivity index (χ2n) is 5.38. The Bertz CT molecular complexity index is 825. The van der Waals surface area contributed by atoms with Crippen molar-refractivity contribution in [3.63, 3.8) is 0 Å². The monoisotopic (exact) mass is 347 g/mol. The Morgan fingerprint density at radius 1 is 1.50 bits per heavy atom. The van der Waals surface area contributed by atoms with Crippen molar-refractivity contribution >= 4 is 29.1 Å². The summed E-state index contributed by atoms with van der Waals surface area (Å²) in [6.45, 7) is 0. The first-order chi connectivity index (χ1) is 11.5. The molecule has 1 aromatic carbocycles. The highest BCUT2D eigenvalue weighted by Crippen LogP contribution is 2.38. The van der Waals surface area contributed by atoms with E-state index >= 15 is 0 Å². The topological polar surface area (TPSA) is 94.4 Å². The maximum atomic E-state index is 11.5. The van der Waals surface area contributed by atoms with Crippen molar-refractivity contribution in [3.05, 3.63) is 62.3 Å². The first-order valence-electron chi connectivity index (χ1n) is 7.28. The summed E-state index contributed by atoms with van der Waals surface area (Å²) in [5, 5.41) is 15.1. The van der Waals surface area contributed by atoms with Gasteiger partial charge in [0.25, 0.3) is 0 Å². The highest BCUT2D eigenvalue weighted by atomic mass is 35.5. The zero-order valence-electron chi connectivity index (χ0n) is 12.8. The number of nitrogens with zero attached hydrogens (tertiary/aromatic N) is 2. The van der Waals surface area contributed by atoms with Crippen LogP contribution in [0, 0.1) is 10.1 Å². The van der Waals surface area contributed by atoms with Gasteiger partial charge in [-0.05, 0) is 30.0 Å². The van der Waals surface area contributed by atoms with Crippen LogP contribution in [0.5, 0.6) is 0 Å². The molecule has 1 N–H and O–H groups in total. The third kappa shape index (κ3) is 2.90. The summed E-state index contributed by atoms with van der Waals surface area (Å²) >= 11 is 6.19. The lowest BCUT2D eigenvalue weighted by atomic mass is 10.1. The molecule has 2 aromatic rings. The van der Waals surface area contributed by atoms with E-state index in [1.807, 2.05) is 18.2 Å². The van der Waals surface area contributed by atoms with Crippen LogP contribution in [-0.4, -0.2) is 23.0 Å². The van der Waals surface area contributed by atoms with Crippen molar-refractivity contribution in [1.82, 2.24) is 4.98 Å². The van der Waals surface area contributed by atoms with E-state index < -0.39 is 10.9 Å². The molecule has 24 heavy (non-hydrogen) atoms. The molecule has 0 spiro atoms. The van der Waals surface area contributed by atoms with Gasteiger partial charge in [-0.2, -0.15) is 0 Å². The number of halogens is 1. The second-order valence-corrected chi connectivity index (χ2v) is 5.79. The van der Waals surface area contributed by atoms with E-state index in [4.69, 9.17) is 11.6 Å². The number of pyridine rings is 1. The van der Waals surface area contributed by atoms with Crippen LogP contribution in [0.2, 0.25) is 5.02 Å². The van der Waals surface area contributed by atoms with Gasteiger partial charge in [-0.1, -0.05) is 23.7 Å². The molecule has 0 aliphatic heterocycles. The molecule has 124 valence electrons. The van der Waals surface area contributed by atoms with Crippen molar-refractivity contribution in [3.8, 4) is 0 Å². The number of carbonyl (C=O) groups is 1. The number of anilines is 1. The SMILES string of the molecule is COC(=O)c1cnc(NC2CCc3c(Cl)cccc32)c([N+](=O)[O-])c1. The number of benzene rings is 1. The Labute approximate surface area is 142 Å². The molecule has 1 aliphatic carbocycles. The highest BCUT2D eigenvalue weighted by molar-refractivity contribution is 6.31. The van der Waals surface area contributed by atoms with E-state index in [9.17, 15) is 14.9 Å². The van der Waals surface area contributed by atoms with Crippen molar-refractivity contribution < 1.29 is 14.5 Å². The van der Waals surface area contributed by atoms with E-state index in [-0.39, 0.29) is 23.1 Å². The van der Waals surface area contributed by atoms with Gasteiger partial charge >= 0.3 is 11.7 Å². The number of aromatic nitrogens is 1. The molecule has 0 amide bonds. The largest absolute Gasteiger partial charge is 0.465 e. The smallest absolute Gasteiger partial charge is 0.339 e. The molecule has 0 radical (unpaired) electrons. The minimum atomic E-state index is -0.671. The van der Waals surface area contributed by atoms with Gasteiger partial charge in [-0.3, -0.25) is 10.1 Å². The van der Waals surface area contributed by atoms with Gasteiger partial charge in [0, 0.05) is 17.3 Å². The van der Waals surface area contributed by atoms with Crippen LogP contribution >= 0.6 is 11.6 Å². The fourth-order valence-electron chi connectivity index (χ4n) is 2.86. The van der Waals surface area contributed by atoms with Crippen molar-refractivity contribution in [1.29, 1.82) is 0 Å². The summed E-state index contributed by atoms with van der Waals surface area (Å²) in [6, 6.07) is 6.67. The molecular formula is C16H14ClN3O4. The first kappa shape index (κ1) is 16.2. The quantitative estimate of drug-likeness (QED) is 0.516. The number of hydrogen-bond donors (Lipinski definition) is 1. The van der Waals surface area contributed by atoms with Crippen LogP contribution in [0.4, 0.5) is 11.5 Å². The molecule has 0 fully saturated rings. The number of methoxy groups -OCH3 is 1. The molecule has 1 aliphatic rings. The molecule has 1 aromatic heterocycles. The Balaban J connectivity index is 1.93. The summed E-state index contributed by atoms with van der Waals surface area (Å²) in [6.07, 6.45) is 2.81. The fourth-order valence-corrected chi connectivity index (χ4v) is 3.13. The van der Waals surface area contributed by atoms with Crippen LogP contribution in [0.1, 0.15) is 33.9 Å². The summed E-state index contributed by atoms with van der Waals surface area (Å²) in [7, 11) is 1.21. The lowest BCUT2D eigenvalue weighted by Crippen LogP contribution is -2.12. The van der Waals surface area contributed by atoms with Gasteiger partial charge in [0.15, 0.2) is 0 Å². The molecule has 7 nitrogen and oxygen atoms in total. The van der Waals surface area contributed by atoms with Crippen LogP contribution in [0.25, 0.3) is 0 Å². The molecule has 1 heterocycles. The molecule has 1 unspecified atom stereocenters. The molecule has 8 heteroatoms. The maximum absolute atomic E-state index is 11.5. The van der Waals surface area contributed by atoms with Gasteiger partial charge < -0.3 is 10.1 Å². The van der Waals surface area contributed by atoms with Gasteiger partial charge in [0.1, 0.15) is 0 Å². The number of carbonyl (C=O) groups excluding carboxylic acids is 1. The number of hydrogen-bond acceptors (Lipinski definition) is 6. The van der Waals surface area contributed by atoms with E-state index in [0.29, 0.717) is 5.02 Å². The molecule has 3 rings (SSSR count). The third-order valence-corrected chi connectivity index (χ3v) is 4.36. The summed E-state index contributed by atoms with van der Waals surface area (Å²) < 4.78 is 4.57. The molecule has 1 atom stereocenters. The summed E-state index contributed by atoms with van der Waals surface area (Å²) in [4.78, 5) is 26.3. The molecule has 0 bridgehead atoms. The Morgan fingerprint density at radius 2 is 2.29 bits per heavy atom. The number of nitrogens with one attached hydrogen (secondary N) is 1. The van der Waals surface area contributed by atoms with Crippen LogP contribution in [0.3, 0.4) is 0 Å². The predicted octanol–water partition coefficient (Wildman–Crippen LogP) is 3.53. The normalized spacial score (nSPS) is 15.7. The molecular weight excluding hydrogens is 334 g/mol. The number of rotatable bonds is 4. The Hall–Kier alpha value is -2.67. The van der Waals surface area contributed by atoms with Gasteiger partial charge in [-0.15, -0.1) is 0 Å². The van der Waals surface area contributed by atoms with E-state index in [1.54, 1.807) is 0 Å². The Morgan fingerprint density at radius 3 is 3.00 bits per heavy atom. The average Bonchev–Trinajstić information content (AvgIpc) is 2.98. The number of nitro groups is 1. The lowest BCUT2D eigenvalue weighted by Gasteiger charge is -2.15. The van der Waals surface area contributed by atoms with Crippen molar-refractivity contribution in [2.75, 3.05) is 12.4 Å². The lowest BCUT2D eigenvalue weighted by molar-refractivity contribution is -0.384. The second kappa shape index (κ2) is 6.45. The van der Waals surface area contributed by atoms with Crippen LogP contribution in [-0.2, 0) is 11.2 Å².